The van der Waals surface area contributed by atoms with E-state index in [-0.39, 0.29) is 17.5 Å². The molecule has 0 aliphatic heterocycles. The molecule has 2 rings (SSSR count). The van der Waals surface area contributed by atoms with Crippen molar-refractivity contribution in [3.05, 3.63) is 29.6 Å². The monoisotopic (exact) mass is 250 g/mol. The van der Waals surface area contributed by atoms with Crippen molar-refractivity contribution in [1.82, 2.24) is 4.90 Å². The lowest BCUT2D eigenvalue weighted by atomic mass is 10.1. The molecule has 1 aromatic carbocycles. The minimum absolute atomic E-state index is 0.0788. The van der Waals surface area contributed by atoms with Gasteiger partial charge in [-0.3, -0.25) is 4.79 Å². The van der Waals surface area contributed by atoms with Crippen LogP contribution in [0.4, 0.5) is 10.1 Å². The maximum atomic E-state index is 13.8. The third-order valence-electron chi connectivity index (χ3n) is 3.26. The number of benzene rings is 1. The second-order valence-electron chi connectivity index (χ2n) is 5.23. The zero-order valence-corrected chi connectivity index (χ0v) is 10.8. The van der Waals surface area contributed by atoms with Crippen molar-refractivity contribution in [1.29, 1.82) is 0 Å². The highest BCUT2D eigenvalue weighted by Crippen LogP contribution is 2.31. The van der Waals surface area contributed by atoms with Crippen LogP contribution < -0.4 is 5.73 Å². The second-order valence-corrected chi connectivity index (χ2v) is 5.23. The van der Waals surface area contributed by atoms with Gasteiger partial charge in [0.25, 0.3) is 5.91 Å². The number of hydrogen-bond donors (Lipinski definition) is 1. The number of amides is 1. The minimum Gasteiger partial charge on any atom is -0.399 e. The van der Waals surface area contributed by atoms with E-state index in [0.29, 0.717) is 11.6 Å². The third-order valence-corrected chi connectivity index (χ3v) is 3.26. The topological polar surface area (TPSA) is 46.3 Å². The SMILES string of the molecule is CC(C)N(CC1CC1)C(=O)c1ccc(N)cc1F. The first kappa shape index (κ1) is 12.9. The number of hydrogen-bond acceptors (Lipinski definition) is 2. The Bertz CT molecular complexity index is 455. The lowest BCUT2D eigenvalue weighted by Gasteiger charge is -2.27. The Kier molecular flexibility index (Phi) is 3.55. The van der Waals surface area contributed by atoms with Crippen molar-refractivity contribution in [2.24, 2.45) is 5.92 Å². The molecule has 3 nitrogen and oxygen atoms in total. The van der Waals surface area contributed by atoms with E-state index in [4.69, 9.17) is 5.73 Å². The average molecular weight is 250 g/mol. The van der Waals surface area contributed by atoms with Crippen LogP contribution in [0.1, 0.15) is 37.0 Å². The fraction of sp³-hybridized carbons (Fsp3) is 0.500. The molecular formula is C14H19FN2O. The van der Waals surface area contributed by atoms with Gasteiger partial charge in [0.05, 0.1) is 5.56 Å². The van der Waals surface area contributed by atoms with E-state index in [0.717, 1.165) is 6.54 Å². The molecule has 1 fully saturated rings. The highest BCUT2D eigenvalue weighted by molar-refractivity contribution is 5.95. The molecule has 1 aliphatic rings. The Balaban J connectivity index is 2.20. The summed E-state index contributed by atoms with van der Waals surface area (Å²) >= 11 is 0. The fourth-order valence-electron chi connectivity index (χ4n) is 1.97. The van der Waals surface area contributed by atoms with Gasteiger partial charge in [-0.1, -0.05) is 0 Å². The van der Waals surface area contributed by atoms with Crippen molar-refractivity contribution >= 4 is 11.6 Å². The highest BCUT2D eigenvalue weighted by Gasteiger charge is 2.29. The van der Waals surface area contributed by atoms with Gasteiger partial charge in [-0.2, -0.15) is 0 Å². The molecule has 1 amide bonds. The molecule has 0 bridgehead atoms. The first-order chi connectivity index (χ1) is 8.49. The van der Waals surface area contributed by atoms with E-state index in [1.807, 2.05) is 13.8 Å². The lowest BCUT2D eigenvalue weighted by Crippen LogP contribution is -2.38. The van der Waals surface area contributed by atoms with Gasteiger partial charge in [0.2, 0.25) is 0 Å². The molecule has 0 atom stereocenters. The summed E-state index contributed by atoms with van der Waals surface area (Å²) in [6.45, 7) is 4.63. The van der Waals surface area contributed by atoms with Crippen LogP contribution in [0.2, 0.25) is 0 Å². The summed E-state index contributed by atoms with van der Waals surface area (Å²) in [5.41, 5.74) is 5.93. The molecule has 0 aromatic heterocycles. The van der Waals surface area contributed by atoms with Crippen molar-refractivity contribution in [3.63, 3.8) is 0 Å². The van der Waals surface area contributed by atoms with Crippen LogP contribution in [0.5, 0.6) is 0 Å². The van der Waals surface area contributed by atoms with Crippen LogP contribution in [0.3, 0.4) is 0 Å². The number of rotatable bonds is 4. The molecule has 1 aromatic rings. The van der Waals surface area contributed by atoms with Crippen LogP contribution >= 0.6 is 0 Å². The second kappa shape index (κ2) is 4.96. The Morgan fingerprint density at radius 1 is 1.50 bits per heavy atom. The van der Waals surface area contributed by atoms with Gasteiger partial charge >= 0.3 is 0 Å². The van der Waals surface area contributed by atoms with Crippen molar-refractivity contribution in [2.75, 3.05) is 12.3 Å². The molecule has 0 unspecified atom stereocenters. The maximum absolute atomic E-state index is 13.8. The average Bonchev–Trinajstić information content (AvgIpc) is 3.08. The molecule has 1 saturated carbocycles. The van der Waals surface area contributed by atoms with E-state index >= 15 is 0 Å². The summed E-state index contributed by atoms with van der Waals surface area (Å²) in [5.74, 6) is -0.191. The molecule has 0 spiro atoms. The molecular weight excluding hydrogens is 231 g/mol. The van der Waals surface area contributed by atoms with Gasteiger partial charge in [-0.05, 0) is 50.8 Å². The first-order valence-electron chi connectivity index (χ1n) is 6.35. The normalized spacial score (nSPS) is 14.9. The number of nitrogens with two attached hydrogens (primary N) is 1. The van der Waals surface area contributed by atoms with Crippen LogP contribution in [-0.2, 0) is 0 Å². The largest absolute Gasteiger partial charge is 0.399 e. The van der Waals surface area contributed by atoms with Gasteiger partial charge in [-0.15, -0.1) is 0 Å². The molecule has 98 valence electrons. The fourth-order valence-corrected chi connectivity index (χ4v) is 1.97. The highest BCUT2D eigenvalue weighted by atomic mass is 19.1. The van der Waals surface area contributed by atoms with Gasteiger partial charge in [0.1, 0.15) is 5.82 Å². The van der Waals surface area contributed by atoms with E-state index < -0.39 is 5.82 Å². The van der Waals surface area contributed by atoms with Crippen molar-refractivity contribution in [3.8, 4) is 0 Å². The van der Waals surface area contributed by atoms with Crippen LogP contribution in [0.15, 0.2) is 18.2 Å². The van der Waals surface area contributed by atoms with E-state index in [2.05, 4.69) is 0 Å². The molecule has 0 heterocycles. The third kappa shape index (κ3) is 2.81. The Labute approximate surface area is 107 Å². The Hall–Kier alpha value is -1.58. The molecule has 1 aliphatic carbocycles. The molecule has 2 N–H and O–H groups in total. The predicted octanol–water partition coefficient (Wildman–Crippen LogP) is 2.67. The first-order valence-corrected chi connectivity index (χ1v) is 6.35. The lowest BCUT2D eigenvalue weighted by molar-refractivity contribution is 0.0691. The number of anilines is 1. The number of nitrogens with zero attached hydrogens (tertiary/aromatic N) is 1. The van der Waals surface area contributed by atoms with E-state index in [1.54, 1.807) is 11.0 Å². The minimum atomic E-state index is -0.540. The van der Waals surface area contributed by atoms with Gasteiger partial charge in [0, 0.05) is 18.3 Å². The smallest absolute Gasteiger partial charge is 0.257 e. The summed E-state index contributed by atoms with van der Waals surface area (Å²) in [5, 5.41) is 0. The van der Waals surface area contributed by atoms with Gasteiger partial charge in [0.15, 0.2) is 0 Å². The van der Waals surface area contributed by atoms with Crippen LogP contribution in [0.25, 0.3) is 0 Å². The van der Waals surface area contributed by atoms with Gasteiger partial charge in [-0.25, -0.2) is 4.39 Å². The van der Waals surface area contributed by atoms with E-state index in [1.165, 1.54) is 25.0 Å². The van der Waals surface area contributed by atoms with Crippen molar-refractivity contribution < 1.29 is 9.18 Å². The number of halogens is 1. The quantitative estimate of drug-likeness (QED) is 0.835. The summed E-state index contributed by atoms with van der Waals surface area (Å²) in [7, 11) is 0. The summed E-state index contributed by atoms with van der Waals surface area (Å²) in [4.78, 5) is 14.1. The number of carbonyl (C=O) groups is 1. The summed E-state index contributed by atoms with van der Waals surface area (Å²) < 4.78 is 13.8. The van der Waals surface area contributed by atoms with Crippen LogP contribution in [0, 0.1) is 11.7 Å². The Morgan fingerprint density at radius 3 is 2.67 bits per heavy atom. The zero-order valence-electron chi connectivity index (χ0n) is 10.8. The van der Waals surface area contributed by atoms with Gasteiger partial charge < -0.3 is 10.6 Å². The van der Waals surface area contributed by atoms with Crippen LogP contribution in [-0.4, -0.2) is 23.4 Å². The molecule has 0 saturated heterocycles. The van der Waals surface area contributed by atoms with Crippen molar-refractivity contribution in [2.45, 2.75) is 32.7 Å². The maximum Gasteiger partial charge on any atom is 0.257 e. The summed E-state index contributed by atoms with van der Waals surface area (Å²) in [6, 6.07) is 4.31. The van der Waals surface area contributed by atoms with E-state index in [9.17, 15) is 9.18 Å². The number of carbonyl (C=O) groups excluding carboxylic acids is 1. The molecule has 0 radical (unpaired) electrons. The standard InChI is InChI=1S/C14H19FN2O/c1-9(2)17(8-10-3-4-10)14(18)12-6-5-11(16)7-13(12)15/h5-7,9-10H,3-4,8,16H2,1-2H3. The predicted molar refractivity (Wildman–Crippen MR) is 69.7 cm³/mol. The number of nitrogen functional groups attached to an aromatic ring is 1. The Morgan fingerprint density at radius 2 is 2.17 bits per heavy atom. The zero-order chi connectivity index (χ0) is 13.3. The molecule has 18 heavy (non-hydrogen) atoms. The molecule has 4 heteroatoms. The summed E-state index contributed by atoms with van der Waals surface area (Å²) in [6.07, 6.45) is 2.33.